The molecule has 1 heterocycles. The number of carbonyl (C=O) groups excluding carboxylic acids is 1. The largest absolute Gasteiger partial charge is 0.352 e. The van der Waals surface area contributed by atoms with Crippen molar-refractivity contribution in [2.75, 3.05) is 12.3 Å². The second-order valence-corrected chi connectivity index (χ2v) is 6.68. The third-order valence-corrected chi connectivity index (χ3v) is 4.98. The van der Waals surface area contributed by atoms with Gasteiger partial charge in [0.15, 0.2) is 0 Å². The minimum Gasteiger partial charge on any atom is -0.352 e. The Bertz CT molecular complexity index is 252. The second-order valence-electron chi connectivity index (χ2n) is 5.10. The van der Waals surface area contributed by atoms with Crippen molar-refractivity contribution in [3.05, 3.63) is 0 Å². The van der Waals surface area contributed by atoms with E-state index in [1.807, 2.05) is 11.8 Å². The van der Waals surface area contributed by atoms with Gasteiger partial charge in [-0.2, -0.15) is 11.8 Å². The summed E-state index contributed by atoms with van der Waals surface area (Å²) in [5.41, 5.74) is 0. The predicted octanol–water partition coefficient (Wildman–Crippen LogP) is 1.92. The average molecular weight is 256 g/mol. The van der Waals surface area contributed by atoms with E-state index in [4.69, 9.17) is 0 Å². The highest BCUT2D eigenvalue weighted by Crippen LogP contribution is 2.28. The van der Waals surface area contributed by atoms with Gasteiger partial charge < -0.3 is 10.6 Å². The molecule has 98 valence electrons. The Kier molecular flexibility index (Phi) is 5.16. The molecule has 1 aliphatic heterocycles. The first-order chi connectivity index (χ1) is 8.29. The van der Waals surface area contributed by atoms with Crippen molar-refractivity contribution >= 4 is 17.7 Å². The summed E-state index contributed by atoms with van der Waals surface area (Å²) in [4.78, 5) is 12.0. The maximum absolute atomic E-state index is 12.0. The van der Waals surface area contributed by atoms with Crippen molar-refractivity contribution in [1.82, 2.24) is 10.6 Å². The first-order valence-corrected chi connectivity index (χ1v) is 8.00. The fourth-order valence-electron chi connectivity index (χ4n) is 2.87. The fourth-order valence-corrected chi connectivity index (χ4v) is 4.05. The number of nitrogens with one attached hydrogen (secondary N) is 2. The zero-order valence-electron chi connectivity index (χ0n) is 10.7. The van der Waals surface area contributed by atoms with Crippen molar-refractivity contribution in [1.29, 1.82) is 0 Å². The minimum absolute atomic E-state index is 0.0780. The molecular weight excluding hydrogens is 232 g/mol. The first kappa shape index (κ1) is 13.2. The van der Waals surface area contributed by atoms with Gasteiger partial charge in [-0.05, 0) is 44.4 Å². The zero-order chi connectivity index (χ0) is 12.1. The monoisotopic (exact) mass is 256 g/mol. The fraction of sp³-hybridized carbons (Fsp3) is 0.923. The second kappa shape index (κ2) is 6.64. The third kappa shape index (κ3) is 3.88. The summed E-state index contributed by atoms with van der Waals surface area (Å²) in [6.07, 6.45) is 7.06. The van der Waals surface area contributed by atoms with E-state index < -0.39 is 0 Å². The van der Waals surface area contributed by atoms with Gasteiger partial charge in [0.1, 0.15) is 0 Å². The molecule has 1 amide bonds. The molecule has 0 aromatic rings. The molecule has 2 rings (SSSR count). The number of carbonyl (C=O) groups is 1. The van der Waals surface area contributed by atoms with Crippen LogP contribution in [0.4, 0.5) is 0 Å². The molecule has 1 saturated carbocycles. The van der Waals surface area contributed by atoms with Crippen LogP contribution in [0.25, 0.3) is 0 Å². The maximum Gasteiger partial charge on any atom is 0.237 e. The predicted molar refractivity (Wildman–Crippen MR) is 73.3 cm³/mol. The summed E-state index contributed by atoms with van der Waals surface area (Å²) in [6.45, 7) is 3.21. The Morgan fingerprint density at radius 2 is 2.24 bits per heavy atom. The molecule has 17 heavy (non-hydrogen) atoms. The van der Waals surface area contributed by atoms with Crippen molar-refractivity contribution in [2.24, 2.45) is 0 Å². The average Bonchev–Trinajstić information content (AvgIpc) is 2.83. The van der Waals surface area contributed by atoms with E-state index in [9.17, 15) is 4.79 Å². The van der Waals surface area contributed by atoms with Gasteiger partial charge in [0, 0.05) is 11.3 Å². The van der Waals surface area contributed by atoms with Crippen LogP contribution in [0.5, 0.6) is 0 Å². The topological polar surface area (TPSA) is 41.1 Å². The maximum atomic E-state index is 12.0. The highest BCUT2D eigenvalue weighted by Gasteiger charge is 2.27. The highest BCUT2D eigenvalue weighted by atomic mass is 32.2. The lowest BCUT2D eigenvalue weighted by molar-refractivity contribution is -0.123. The van der Waals surface area contributed by atoms with Crippen LogP contribution in [0.2, 0.25) is 0 Å². The molecule has 1 aliphatic carbocycles. The zero-order valence-corrected chi connectivity index (χ0v) is 11.5. The number of amides is 1. The van der Waals surface area contributed by atoms with Gasteiger partial charge in [-0.15, -0.1) is 0 Å². The van der Waals surface area contributed by atoms with Crippen LogP contribution in [0, 0.1) is 0 Å². The van der Waals surface area contributed by atoms with Crippen LogP contribution in [-0.4, -0.2) is 35.5 Å². The summed E-state index contributed by atoms with van der Waals surface area (Å²) < 4.78 is 0. The SMILES string of the molecule is CCS[C@@H]1CCC[C@@H](NC(=O)[C@H]2CCCN2)C1. The lowest BCUT2D eigenvalue weighted by Crippen LogP contribution is -2.47. The number of hydrogen-bond donors (Lipinski definition) is 2. The lowest BCUT2D eigenvalue weighted by Gasteiger charge is -2.30. The summed E-state index contributed by atoms with van der Waals surface area (Å²) in [6, 6.07) is 0.497. The smallest absolute Gasteiger partial charge is 0.237 e. The molecule has 3 nitrogen and oxygen atoms in total. The van der Waals surface area contributed by atoms with Gasteiger partial charge in [-0.25, -0.2) is 0 Å². The van der Waals surface area contributed by atoms with E-state index in [0.29, 0.717) is 6.04 Å². The molecule has 0 aromatic heterocycles. The van der Waals surface area contributed by atoms with Crippen LogP contribution in [0.15, 0.2) is 0 Å². The Labute approximate surface area is 108 Å². The summed E-state index contributed by atoms with van der Waals surface area (Å²) in [7, 11) is 0. The molecule has 1 saturated heterocycles. The molecule has 0 radical (unpaired) electrons. The molecule has 2 aliphatic rings. The van der Waals surface area contributed by atoms with Crippen molar-refractivity contribution < 1.29 is 4.79 Å². The number of rotatable bonds is 4. The van der Waals surface area contributed by atoms with Gasteiger partial charge in [-0.3, -0.25) is 4.79 Å². The van der Waals surface area contributed by atoms with Crippen LogP contribution >= 0.6 is 11.8 Å². The molecule has 2 N–H and O–H groups in total. The van der Waals surface area contributed by atoms with Gasteiger partial charge in [0.25, 0.3) is 0 Å². The molecule has 0 aromatic carbocycles. The van der Waals surface area contributed by atoms with E-state index in [1.54, 1.807) is 0 Å². The van der Waals surface area contributed by atoms with E-state index in [1.165, 1.54) is 25.0 Å². The van der Waals surface area contributed by atoms with E-state index in [-0.39, 0.29) is 11.9 Å². The Balaban J connectivity index is 1.75. The molecule has 0 unspecified atom stereocenters. The first-order valence-electron chi connectivity index (χ1n) is 6.95. The van der Waals surface area contributed by atoms with Crippen LogP contribution in [0.3, 0.4) is 0 Å². The van der Waals surface area contributed by atoms with Gasteiger partial charge in [0.2, 0.25) is 5.91 Å². The molecule has 2 fully saturated rings. The van der Waals surface area contributed by atoms with E-state index >= 15 is 0 Å². The van der Waals surface area contributed by atoms with E-state index in [0.717, 1.165) is 31.1 Å². The Hall–Kier alpha value is -0.220. The standard InChI is InChI=1S/C13H24N2OS/c1-2-17-11-6-3-5-10(9-11)15-13(16)12-7-4-8-14-12/h10-12,14H,2-9H2,1H3,(H,15,16)/t10-,11-,12-/m1/s1. The van der Waals surface area contributed by atoms with Crippen molar-refractivity contribution in [2.45, 2.75) is 62.8 Å². The van der Waals surface area contributed by atoms with Crippen molar-refractivity contribution in [3.63, 3.8) is 0 Å². The summed E-state index contributed by atoms with van der Waals surface area (Å²) in [5, 5.41) is 7.26. The van der Waals surface area contributed by atoms with Crippen molar-refractivity contribution in [3.8, 4) is 0 Å². The quantitative estimate of drug-likeness (QED) is 0.807. The van der Waals surface area contributed by atoms with E-state index in [2.05, 4.69) is 17.6 Å². The molecule has 0 bridgehead atoms. The van der Waals surface area contributed by atoms with Crippen LogP contribution < -0.4 is 10.6 Å². The van der Waals surface area contributed by atoms with Gasteiger partial charge in [0.05, 0.1) is 6.04 Å². The van der Waals surface area contributed by atoms with Crippen LogP contribution in [-0.2, 0) is 4.79 Å². The normalized spacial score (nSPS) is 33.6. The summed E-state index contributed by atoms with van der Waals surface area (Å²) in [5.74, 6) is 1.42. The Morgan fingerprint density at radius 3 is 2.94 bits per heavy atom. The number of hydrogen-bond acceptors (Lipinski definition) is 3. The summed E-state index contributed by atoms with van der Waals surface area (Å²) >= 11 is 2.05. The molecule has 0 spiro atoms. The van der Waals surface area contributed by atoms with Crippen LogP contribution in [0.1, 0.15) is 45.4 Å². The minimum atomic E-state index is 0.0780. The highest BCUT2D eigenvalue weighted by molar-refractivity contribution is 7.99. The lowest BCUT2D eigenvalue weighted by atomic mass is 9.94. The number of thioether (sulfide) groups is 1. The van der Waals surface area contributed by atoms with Gasteiger partial charge >= 0.3 is 0 Å². The molecular formula is C13H24N2OS. The van der Waals surface area contributed by atoms with Gasteiger partial charge in [-0.1, -0.05) is 13.3 Å². The molecule has 4 heteroatoms. The Morgan fingerprint density at radius 1 is 1.35 bits per heavy atom. The third-order valence-electron chi connectivity index (χ3n) is 3.75. The molecule has 3 atom stereocenters.